The first-order valence-electron chi connectivity index (χ1n) is 5.69. The minimum Gasteiger partial charge on any atom is -0.394 e. The van der Waals surface area contributed by atoms with Crippen molar-refractivity contribution in [3.63, 3.8) is 0 Å². The molecule has 4 atom stereocenters. The quantitative estimate of drug-likeness (QED) is 0.491. The highest BCUT2D eigenvalue weighted by atomic mass is 16.6. The van der Waals surface area contributed by atoms with Gasteiger partial charge >= 0.3 is 0 Å². The van der Waals surface area contributed by atoms with Gasteiger partial charge in [-0.15, -0.1) is 0 Å². The fraction of sp³-hybridized carbons (Fsp3) is 0.500. The predicted octanol–water partition coefficient (Wildman–Crippen LogP) is -1.98. The van der Waals surface area contributed by atoms with Crippen molar-refractivity contribution in [3.05, 3.63) is 12.5 Å². The molecule has 1 aliphatic rings. The first kappa shape index (κ1) is 12.2. The van der Waals surface area contributed by atoms with Crippen LogP contribution in [0.3, 0.4) is 0 Å². The Morgan fingerprint density at radius 3 is 2.79 bits per heavy atom. The number of nitrogens with zero attached hydrogens (tertiary/aromatic N) is 4. The summed E-state index contributed by atoms with van der Waals surface area (Å²) >= 11 is 0. The minimum absolute atomic E-state index is 0.0704. The molecule has 1 fully saturated rings. The van der Waals surface area contributed by atoms with Crippen molar-refractivity contribution in [2.45, 2.75) is 24.5 Å². The van der Waals surface area contributed by atoms with Crippen LogP contribution in [0.15, 0.2) is 12.5 Å². The number of nitrogens with two attached hydrogens (primary N) is 1. The molecular weight excluding hydrogens is 254 g/mol. The summed E-state index contributed by atoms with van der Waals surface area (Å²) in [6, 6.07) is 0. The van der Waals surface area contributed by atoms with Crippen LogP contribution in [-0.4, -0.2) is 59.8 Å². The summed E-state index contributed by atoms with van der Waals surface area (Å²) in [7, 11) is 0. The maximum absolute atomic E-state index is 9.95. The van der Waals surface area contributed by atoms with E-state index in [0.717, 1.165) is 0 Å². The lowest BCUT2D eigenvalue weighted by Crippen LogP contribution is -2.33. The molecule has 9 heteroatoms. The number of imidazole rings is 1. The van der Waals surface area contributed by atoms with Gasteiger partial charge in [0.15, 0.2) is 11.9 Å². The van der Waals surface area contributed by atoms with E-state index in [0.29, 0.717) is 11.2 Å². The van der Waals surface area contributed by atoms with Gasteiger partial charge in [0.1, 0.15) is 23.8 Å². The van der Waals surface area contributed by atoms with Gasteiger partial charge in [-0.05, 0) is 0 Å². The Kier molecular flexibility index (Phi) is 2.82. The largest absolute Gasteiger partial charge is 0.394 e. The monoisotopic (exact) mass is 267 g/mol. The number of aliphatic hydroxyl groups excluding tert-OH is 3. The average molecular weight is 267 g/mol. The topological polar surface area (TPSA) is 140 Å². The lowest BCUT2D eigenvalue weighted by atomic mass is 10.1. The van der Waals surface area contributed by atoms with Crippen molar-refractivity contribution >= 4 is 17.1 Å². The molecule has 3 heterocycles. The van der Waals surface area contributed by atoms with E-state index in [2.05, 4.69) is 15.0 Å². The summed E-state index contributed by atoms with van der Waals surface area (Å²) in [5.41, 5.74) is 6.39. The summed E-state index contributed by atoms with van der Waals surface area (Å²) in [6.07, 6.45) is -1.23. The Morgan fingerprint density at radius 2 is 2.11 bits per heavy atom. The third kappa shape index (κ3) is 1.83. The molecule has 1 aliphatic heterocycles. The van der Waals surface area contributed by atoms with Crippen LogP contribution in [0.5, 0.6) is 0 Å². The number of rotatable bonds is 2. The first-order valence-corrected chi connectivity index (χ1v) is 5.69. The lowest BCUT2D eigenvalue weighted by molar-refractivity contribution is -0.0511. The van der Waals surface area contributed by atoms with Gasteiger partial charge in [-0.3, -0.25) is 4.57 Å². The fourth-order valence-electron chi connectivity index (χ4n) is 2.14. The smallest absolute Gasteiger partial charge is 0.222 e. The van der Waals surface area contributed by atoms with Gasteiger partial charge in [-0.2, -0.15) is 4.98 Å². The molecule has 1 unspecified atom stereocenters. The first-order chi connectivity index (χ1) is 9.11. The summed E-state index contributed by atoms with van der Waals surface area (Å²) in [5.74, 6) is 0.0704. The van der Waals surface area contributed by atoms with Gasteiger partial charge in [0.05, 0.1) is 19.1 Å². The zero-order chi connectivity index (χ0) is 13.6. The molecule has 0 bridgehead atoms. The summed E-state index contributed by atoms with van der Waals surface area (Å²) < 4.78 is 6.85. The number of hydrogen-bond donors (Lipinski definition) is 4. The molecule has 0 aliphatic carbocycles. The normalized spacial score (nSPS) is 31.1. The molecule has 2 aromatic heterocycles. The third-order valence-electron chi connectivity index (χ3n) is 3.13. The summed E-state index contributed by atoms with van der Waals surface area (Å²) in [6.45, 7) is -0.390. The van der Waals surface area contributed by atoms with E-state index in [4.69, 9.17) is 15.6 Å². The number of nitrogen functional groups attached to an aromatic ring is 1. The molecule has 19 heavy (non-hydrogen) atoms. The van der Waals surface area contributed by atoms with Gasteiger partial charge in [-0.25, -0.2) is 9.97 Å². The number of aromatic nitrogens is 4. The molecular formula is C10H13N5O4. The van der Waals surface area contributed by atoms with Crippen molar-refractivity contribution in [1.82, 2.24) is 19.5 Å². The lowest BCUT2D eigenvalue weighted by Gasteiger charge is -2.16. The molecule has 5 N–H and O–H groups in total. The maximum atomic E-state index is 9.95. The number of fused-ring (bicyclic) bond motifs is 1. The van der Waals surface area contributed by atoms with Crippen LogP contribution >= 0.6 is 0 Å². The van der Waals surface area contributed by atoms with E-state index in [9.17, 15) is 10.2 Å². The average Bonchev–Trinajstić information content (AvgIpc) is 2.92. The van der Waals surface area contributed by atoms with Crippen LogP contribution in [-0.2, 0) is 4.74 Å². The van der Waals surface area contributed by atoms with E-state index in [1.54, 1.807) is 0 Å². The highest BCUT2D eigenvalue weighted by molar-refractivity contribution is 5.70. The zero-order valence-corrected chi connectivity index (χ0v) is 9.79. The van der Waals surface area contributed by atoms with Gasteiger partial charge in [0, 0.05) is 0 Å². The molecule has 1 saturated heterocycles. The van der Waals surface area contributed by atoms with E-state index in [1.807, 2.05) is 0 Å². The second-order valence-corrected chi connectivity index (χ2v) is 4.32. The summed E-state index contributed by atoms with van der Waals surface area (Å²) in [4.78, 5) is 11.9. The molecule has 9 nitrogen and oxygen atoms in total. The highest BCUT2D eigenvalue weighted by Gasteiger charge is 2.43. The van der Waals surface area contributed by atoms with Crippen molar-refractivity contribution in [2.75, 3.05) is 12.3 Å². The molecule has 0 amide bonds. The highest BCUT2D eigenvalue weighted by Crippen LogP contribution is 2.31. The Balaban J connectivity index is 2.03. The van der Waals surface area contributed by atoms with Crippen molar-refractivity contribution in [2.24, 2.45) is 0 Å². The fourth-order valence-corrected chi connectivity index (χ4v) is 2.14. The number of anilines is 1. The number of ether oxygens (including phenoxy) is 1. The van der Waals surface area contributed by atoms with Crippen LogP contribution in [0.2, 0.25) is 0 Å². The predicted molar refractivity (Wildman–Crippen MR) is 62.7 cm³/mol. The molecule has 0 spiro atoms. The molecule has 102 valence electrons. The Labute approximate surface area is 107 Å². The van der Waals surface area contributed by atoms with Gasteiger partial charge in [-0.1, -0.05) is 0 Å². The van der Waals surface area contributed by atoms with Crippen molar-refractivity contribution in [3.8, 4) is 0 Å². The maximum Gasteiger partial charge on any atom is 0.222 e. The second kappa shape index (κ2) is 4.38. The number of hydrogen-bond acceptors (Lipinski definition) is 8. The number of aliphatic hydroxyl groups is 3. The van der Waals surface area contributed by atoms with Gasteiger partial charge in [0.25, 0.3) is 0 Å². The standard InChI is InChI=1S/C10H13N5O4/c11-10-12-1-4-8(14-10)15(3-13-4)9-7(18)6(17)5(2-16)19-9/h1,3,5-7,9,16-18H,2H2,(H2,11,12,14)/t5-,6?,7+,9-/m1/s1. The summed E-state index contributed by atoms with van der Waals surface area (Å²) in [5, 5.41) is 28.7. The molecule has 0 saturated carbocycles. The SMILES string of the molecule is Nc1ncc2ncn([C@@H]3O[C@H](CO)C(O)[C@@H]3O)c2n1. The molecule has 0 aromatic carbocycles. The van der Waals surface area contributed by atoms with Crippen LogP contribution in [0.1, 0.15) is 6.23 Å². The minimum atomic E-state index is -1.19. The second-order valence-electron chi connectivity index (χ2n) is 4.32. The van der Waals surface area contributed by atoms with Crippen LogP contribution in [0, 0.1) is 0 Å². The Bertz CT molecular complexity index is 603. The van der Waals surface area contributed by atoms with Gasteiger partial charge < -0.3 is 25.8 Å². The molecule has 0 radical (unpaired) electrons. The Morgan fingerprint density at radius 1 is 1.32 bits per heavy atom. The van der Waals surface area contributed by atoms with Crippen LogP contribution < -0.4 is 5.73 Å². The van der Waals surface area contributed by atoms with Crippen LogP contribution in [0.4, 0.5) is 5.95 Å². The molecule has 3 rings (SSSR count). The van der Waals surface area contributed by atoms with Crippen LogP contribution in [0.25, 0.3) is 11.2 Å². The van der Waals surface area contributed by atoms with Gasteiger partial charge in [0.2, 0.25) is 5.95 Å². The zero-order valence-electron chi connectivity index (χ0n) is 9.79. The van der Waals surface area contributed by atoms with E-state index < -0.39 is 31.1 Å². The van der Waals surface area contributed by atoms with E-state index in [1.165, 1.54) is 17.1 Å². The molecule has 2 aromatic rings. The third-order valence-corrected chi connectivity index (χ3v) is 3.13. The van der Waals surface area contributed by atoms with Crippen molar-refractivity contribution in [1.29, 1.82) is 0 Å². The van der Waals surface area contributed by atoms with Crippen molar-refractivity contribution < 1.29 is 20.1 Å². The van der Waals surface area contributed by atoms with E-state index in [-0.39, 0.29) is 5.95 Å². The van der Waals surface area contributed by atoms with E-state index >= 15 is 0 Å². The Hall–Kier alpha value is -1.81.